The molecule has 0 atom stereocenters. The quantitative estimate of drug-likeness (QED) is 0.118. The van der Waals surface area contributed by atoms with E-state index < -0.39 is 8.07 Å². The van der Waals surface area contributed by atoms with Gasteiger partial charge in [-0.1, -0.05) is 146 Å². The van der Waals surface area contributed by atoms with Gasteiger partial charge in [-0.05, 0) is 111 Å². The fraction of sp³-hybridized carbons (Fsp3) is 0.115. The summed E-state index contributed by atoms with van der Waals surface area (Å²) in [7, 11) is -1.48. The van der Waals surface area contributed by atoms with Gasteiger partial charge < -0.3 is 9.80 Å². The van der Waals surface area contributed by atoms with Crippen LogP contribution in [0.3, 0.4) is 0 Å². The highest BCUT2D eigenvalue weighted by Gasteiger charge is 2.25. The smallest absolute Gasteiger partial charge is 0.147 e. The first kappa shape index (κ1) is 34.3. The van der Waals surface area contributed by atoms with Gasteiger partial charge in [-0.2, -0.15) is 0 Å². The third kappa shape index (κ3) is 5.84. The van der Waals surface area contributed by atoms with Crippen LogP contribution in [0.4, 0.5) is 32.8 Å². The minimum absolute atomic E-state index is 0.268. The highest BCUT2D eigenvalue weighted by molar-refractivity contribution is 6.88. The highest BCUT2D eigenvalue weighted by Crippen LogP contribution is 2.48. The van der Waals surface area contributed by atoms with Gasteiger partial charge in [0.2, 0.25) is 0 Å². The van der Waals surface area contributed by atoms with E-state index in [9.17, 15) is 0 Å². The van der Waals surface area contributed by atoms with Crippen LogP contribution in [0, 0.1) is 5.82 Å². The molecule has 0 saturated heterocycles. The van der Waals surface area contributed by atoms with E-state index in [0.717, 1.165) is 58.4 Å². The minimum Gasteiger partial charge on any atom is -0.341 e. The van der Waals surface area contributed by atoms with Gasteiger partial charge in [-0.3, -0.25) is 0 Å². The molecular formula is C52H43FN2Si. The average molecular weight is 743 g/mol. The second-order valence-electron chi connectivity index (χ2n) is 16.2. The molecule has 0 N–H and O–H groups in total. The van der Waals surface area contributed by atoms with Gasteiger partial charge in [0.05, 0.1) is 19.4 Å². The van der Waals surface area contributed by atoms with Crippen molar-refractivity contribution in [3.05, 3.63) is 181 Å². The van der Waals surface area contributed by atoms with E-state index in [-0.39, 0.29) is 5.82 Å². The highest BCUT2D eigenvalue weighted by atomic mass is 28.3. The summed E-state index contributed by atoms with van der Waals surface area (Å²) in [5, 5.41) is 8.58. The summed E-state index contributed by atoms with van der Waals surface area (Å²) in [6, 6.07) is 60.3. The van der Waals surface area contributed by atoms with Gasteiger partial charge in [0.15, 0.2) is 0 Å². The Labute approximate surface area is 329 Å². The average Bonchev–Trinajstić information content (AvgIpc) is 3.23. The van der Waals surface area contributed by atoms with Gasteiger partial charge in [0.25, 0.3) is 0 Å². The zero-order valence-corrected chi connectivity index (χ0v) is 33.1. The standard InChI is InChI=1S/C52H43FN2Si/c1-56(2,3)43-25-19-36(20-26-43)41-32-40(35-12-5-4-6-13-35)33-42(34-41)55(50-18-10-8-16-46(50)53)49-30-24-39-21-27-44-48(29-23-38-22-28-45(49)52(39)51(38)44)54-31-11-15-37-14-7-9-17-47(37)54/h4-10,12-14,16-30,32-34H,11,15,31H2,1-3H3. The molecule has 4 heteroatoms. The molecule has 56 heavy (non-hydrogen) atoms. The molecule has 9 aromatic rings. The van der Waals surface area contributed by atoms with E-state index in [0.29, 0.717) is 5.69 Å². The predicted molar refractivity (Wildman–Crippen MR) is 240 cm³/mol. The van der Waals surface area contributed by atoms with Crippen molar-refractivity contribution >= 4 is 74.0 Å². The van der Waals surface area contributed by atoms with Gasteiger partial charge in [0.1, 0.15) is 5.82 Å². The molecule has 2 nitrogen and oxygen atoms in total. The molecule has 1 aliphatic rings. The predicted octanol–water partition coefficient (Wildman–Crippen LogP) is 14.2. The van der Waals surface area contributed by atoms with Crippen molar-refractivity contribution < 1.29 is 4.39 Å². The molecule has 0 bridgehead atoms. The zero-order valence-electron chi connectivity index (χ0n) is 32.1. The van der Waals surface area contributed by atoms with Crippen molar-refractivity contribution in [3.63, 3.8) is 0 Å². The van der Waals surface area contributed by atoms with Crippen molar-refractivity contribution in [2.45, 2.75) is 32.5 Å². The molecule has 0 aromatic heterocycles. The maximum Gasteiger partial charge on any atom is 0.147 e. The number of benzene rings is 9. The van der Waals surface area contributed by atoms with Crippen molar-refractivity contribution in [2.24, 2.45) is 0 Å². The van der Waals surface area contributed by atoms with Crippen LogP contribution in [0.25, 0.3) is 54.6 Å². The number of fused-ring (bicyclic) bond motifs is 1. The number of nitrogens with zero attached hydrogens (tertiary/aromatic N) is 2. The Morgan fingerprint density at radius 1 is 0.518 bits per heavy atom. The van der Waals surface area contributed by atoms with Crippen LogP contribution in [-0.4, -0.2) is 14.6 Å². The molecule has 0 aliphatic carbocycles. The molecule has 0 radical (unpaired) electrons. The number of hydrogen-bond acceptors (Lipinski definition) is 2. The lowest BCUT2D eigenvalue weighted by atomic mass is 9.91. The SMILES string of the molecule is C[Si](C)(C)c1ccc(-c2cc(-c3ccccc3)cc(N(c3ccccc3F)c3ccc4ccc5c(N6CCCc7ccccc76)ccc6ccc3c4c65)c2)cc1. The maximum atomic E-state index is 16.3. The lowest BCUT2D eigenvalue weighted by Gasteiger charge is -2.33. The third-order valence-corrected chi connectivity index (χ3v) is 13.8. The second kappa shape index (κ2) is 13.5. The molecular weight excluding hydrogens is 700 g/mol. The lowest BCUT2D eigenvalue weighted by Crippen LogP contribution is -2.37. The number of aryl methyl sites for hydroxylation is 1. The first-order chi connectivity index (χ1) is 27.3. The largest absolute Gasteiger partial charge is 0.341 e. The van der Waals surface area contributed by atoms with E-state index in [2.05, 4.69) is 175 Å². The van der Waals surface area contributed by atoms with Gasteiger partial charge in [-0.25, -0.2) is 4.39 Å². The minimum atomic E-state index is -1.48. The monoisotopic (exact) mass is 742 g/mol. The van der Waals surface area contributed by atoms with Crippen LogP contribution in [0.15, 0.2) is 170 Å². The molecule has 10 rings (SSSR count). The molecule has 0 saturated carbocycles. The Morgan fingerprint density at radius 2 is 1.14 bits per heavy atom. The number of para-hydroxylation sites is 2. The summed E-state index contributed by atoms with van der Waals surface area (Å²) in [6.45, 7) is 8.12. The van der Waals surface area contributed by atoms with Crippen LogP contribution < -0.4 is 15.0 Å². The summed E-state index contributed by atoms with van der Waals surface area (Å²) in [5.41, 5.74) is 10.7. The normalized spacial score (nSPS) is 13.1. The summed E-state index contributed by atoms with van der Waals surface area (Å²) < 4.78 is 16.3. The first-order valence-corrected chi connectivity index (χ1v) is 23.2. The van der Waals surface area contributed by atoms with Crippen LogP contribution >= 0.6 is 0 Å². The van der Waals surface area contributed by atoms with Gasteiger partial charge in [0, 0.05) is 34.4 Å². The van der Waals surface area contributed by atoms with Crippen molar-refractivity contribution in [1.29, 1.82) is 0 Å². The van der Waals surface area contributed by atoms with E-state index >= 15 is 4.39 Å². The zero-order chi connectivity index (χ0) is 38.0. The fourth-order valence-corrected chi connectivity index (χ4v) is 10.1. The maximum absolute atomic E-state index is 16.3. The van der Waals surface area contributed by atoms with Gasteiger partial charge in [-0.15, -0.1) is 0 Å². The van der Waals surface area contributed by atoms with E-state index in [1.54, 1.807) is 12.1 Å². The summed E-state index contributed by atoms with van der Waals surface area (Å²) >= 11 is 0. The molecule has 0 spiro atoms. The lowest BCUT2D eigenvalue weighted by molar-refractivity contribution is 0.629. The number of rotatable bonds is 7. The van der Waals surface area contributed by atoms with E-state index in [4.69, 9.17) is 0 Å². The number of anilines is 5. The summed E-state index contributed by atoms with van der Waals surface area (Å²) in [4.78, 5) is 4.64. The van der Waals surface area contributed by atoms with Crippen molar-refractivity contribution in [3.8, 4) is 22.3 Å². The number of hydrogen-bond donors (Lipinski definition) is 0. The Hall–Kier alpha value is -6.23. The molecule has 272 valence electrons. The van der Waals surface area contributed by atoms with Crippen LogP contribution in [0.1, 0.15) is 12.0 Å². The van der Waals surface area contributed by atoms with E-state index in [1.807, 2.05) is 12.1 Å². The Balaban J connectivity index is 1.22. The van der Waals surface area contributed by atoms with Gasteiger partial charge >= 0.3 is 0 Å². The van der Waals surface area contributed by atoms with Crippen LogP contribution in [-0.2, 0) is 6.42 Å². The Kier molecular flexibility index (Phi) is 8.27. The third-order valence-electron chi connectivity index (χ3n) is 11.7. The Bertz CT molecular complexity index is 2890. The second-order valence-corrected chi connectivity index (χ2v) is 21.3. The van der Waals surface area contributed by atoms with Crippen LogP contribution in [0.5, 0.6) is 0 Å². The Morgan fingerprint density at radius 3 is 1.89 bits per heavy atom. The molecule has 0 fully saturated rings. The van der Waals surface area contributed by atoms with E-state index in [1.165, 1.54) is 49.1 Å². The van der Waals surface area contributed by atoms with Crippen LogP contribution in [0.2, 0.25) is 19.6 Å². The fourth-order valence-electron chi connectivity index (χ4n) is 8.89. The summed E-state index contributed by atoms with van der Waals surface area (Å²) in [5.74, 6) is -0.268. The molecule has 9 aromatic carbocycles. The molecule has 0 unspecified atom stereocenters. The summed E-state index contributed by atoms with van der Waals surface area (Å²) in [6.07, 6.45) is 2.22. The molecule has 1 aliphatic heterocycles. The topological polar surface area (TPSA) is 6.48 Å². The first-order valence-electron chi connectivity index (χ1n) is 19.7. The number of halogens is 1. The molecule has 1 heterocycles. The van der Waals surface area contributed by atoms with Crippen molar-refractivity contribution in [2.75, 3.05) is 16.3 Å². The van der Waals surface area contributed by atoms with Crippen molar-refractivity contribution in [1.82, 2.24) is 0 Å². The molecule has 0 amide bonds.